The molecule has 0 radical (unpaired) electrons. The smallest absolute Gasteiger partial charge is 0.192 e. The van der Waals surface area contributed by atoms with Gasteiger partial charge in [0.1, 0.15) is 11.5 Å². The van der Waals surface area contributed by atoms with E-state index in [-0.39, 0.29) is 46.5 Å². The fourth-order valence-electron chi connectivity index (χ4n) is 6.36. The Morgan fingerprint density at radius 1 is 0.741 bits per heavy atom. The van der Waals surface area contributed by atoms with E-state index in [1.165, 1.54) is 0 Å². The molecule has 0 amide bonds. The normalized spacial score (nSPS) is 19.4. The van der Waals surface area contributed by atoms with Crippen LogP contribution in [0.25, 0.3) is 0 Å². The molecular formula is C45H74O7Si2. The van der Waals surface area contributed by atoms with Crippen LogP contribution in [0, 0.1) is 18.3 Å². The zero-order chi connectivity index (χ0) is 40.2. The number of hydrogen-bond donors (Lipinski definition) is 0. The second-order valence-corrected chi connectivity index (χ2v) is 27.9. The lowest BCUT2D eigenvalue weighted by atomic mass is 9.93. The second-order valence-electron chi connectivity index (χ2n) is 18.4. The molecule has 0 spiro atoms. The van der Waals surface area contributed by atoms with Gasteiger partial charge in [-0.25, -0.2) is 0 Å². The predicted octanol–water partition coefficient (Wildman–Crippen LogP) is 11.4. The minimum atomic E-state index is -2.17. The van der Waals surface area contributed by atoms with Crippen LogP contribution in [-0.4, -0.2) is 68.0 Å². The van der Waals surface area contributed by atoms with Crippen molar-refractivity contribution in [2.45, 2.75) is 173 Å². The summed E-state index contributed by atoms with van der Waals surface area (Å²) in [6.45, 7) is 27.1. The predicted molar refractivity (Wildman–Crippen MR) is 227 cm³/mol. The molecule has 0 aliphatic carbocycles. The number of hydrogen-bond acceptors (Lipinski definition) is 7. The van der Waals surface area contributed by atoms with E-state index in [0.717, 1.165) is 61.2 Å². The number of rotatable bonds is 21. The summed E-state index contributed by atoms with van der Waals surface area (Å²) >= 11 is 0. The molecule has 0 unspecified atom stereocenters. The molecule has 2 aromatic rings. The van der Waals surface area contributed by atoms with E-state index in [0.29, 0.717) is 26.2 Å². The van der Waals surface area contributed by atoms with Crippen LogP contribution in [0.15, 0.2) is 48.5 Å². The van der Waals surface area contributed by atoms with Gasteiger partial charge in [-0.05, 0) is 124 Å². The Balaban J connectivity index is 1.79. The molecule has 0 aromatic heterocycles. The van der Waals surface area contributed by atoms with Crippen molar-refractivity contribution in [1.82, 2.24) is 0 Å². The summed E-state index contributed by atoms with van der Waals surface area (Å²) in [5, 5.41) is 0.119. The van der Waals surface area contributed by atoms with Crippen molar-refractivity contribution in [3.8, 4) is 23.8 Å². The van der Waals surface area contributed by atoms with Gasteiger partial charge in [0.2, 0.25) is 0 Å². The van der Waals surface area contributed by atoms with Gasteiger partial charge in [0, 0.05) is 24.7 Å². The highest BCUT2D eigenvalue weighted by Crippen LogP contribution is 2.42. The first kappa shape index (κ1) is 46.2. The zero-order valence-corrected chi connectivity index (χ0v) is 38.1. The summed E-state index contributed by atoms with van der Waals surface area (Å²) in [6.07, 6.45) is 12.6. The molecule has 1 saturated heterocycles. The Labute approximate surface area is 331 Å². The Hall–Kier alpha value is -2.17. The van der Waals surface area contributed by atoms with E-state index >= 15 is 0 Å². The average molecular weight is 783 g/mol. The summed E-state index contributed by atoms with van der Waals surface area (Å²) in [6, 6.07) is 16.1. The Morgan fingerprint density at radius 2 is 1.24 bits per heavy atom. The molecule has 54 heavy (non-hydrogen) atoms. The van der Waals surface area contributed by atoms with Gasteiger partial charge in [0.15, 0.2) is 16.6 Å². The van der Waals surface area contributed by atoms with E-state index < -0.39 is 16.6 Å². The Kier molecular flexibility index (Phi) is 17.8. The first-order chi connectivity index (χ1) is 25.3. The summed E-state index contributed by atoms with van der Waals surface area (Å²) in [5.41, 5.74) is 2.23. The number of ether oxygens (including phenoxy) is 5. The van der Waals surface area contributed by atoms with Crippen LogP contribution in [0.4, 0.5) is 0 Å². The number of terminal acetylenes is 1. The van der Waals surface area contributed by atoms with Crippen molar-refractivity contribution >= 4 is 16.6 Å². The third-order valence-electron chi connectivity index (χ3n) is 12.0. The molecule has 1 aliphatic heterocycles. The van der Waals surface area contributed by atoms with Gasteiger partial charge in [-0.15, -0.1) is 12.3 Å². The summed E-state index contributed by atoms with van der Waals surface area (Å²) < 4.78 is 44.8. The van der Waals surface area contributed by atoms with Gasteiger partial charge in [-0.3, -0.25) is 0 Å². The number of benzene rings is 2. The molecule has 3 rings (SSSR count). The topological polar surface area (TPSA) is 64.6 Å². The molecule has 304 valence electrons. The van der Waals surface area contributed by atoms with Crippen LogP contribution in [0.2, 0.25) is 36.3 Å². The van der Waals surface area contributed by atoms with Crippen LogP contribution in [0.5, 0.6) is 11.5 Å². The van der Waals surface area contributed by atoms with E-state index in [1.54, 1.807) is 14.2 Å². The lowest BCUT2D eigenvalue weighted by Gasteiger charge is -2.44. The van der Waals surface area contributed by atoms with Crippen molar-refractivity contribution in [3.63, 3.8) is 0 Å². The monoisotopic (exact) mass is 782 g/mol. The second kappa shape index (κ2) is 20.8. The summed E-state index contributed by atoms with van der Waals surface area (Å²) in [4.78, 5) is 0. The zero-order valence-electron chi connectivity index (χ0n) is 36.1. The minimum absolute atomic E-state index is 0.0147. The van der Waals surface area contributed by atoms with E-state index in [4.69, 9.17) is 39.0 Å². The average Bonchev–Trinajstić information content (AvgIpc) is 3.10. The standard InChI is InChI=1S/C45H74O7Si2/c1-15-34(2)43(49-33-36-21-25-38(47-10)26-22-36)31-42(52-54(13,14)45(6,7)8)30-41(51-53(11,12)44(3,4)5)29-40-18-16-17-39(50-40)27-28-48-32-35-19-23-37(46-9)24-20-35/h1,19-26,34,39-43H,16-18,27-33H2,2-14H3/t34-,39+,40-,41+,42-,43+/m0/s1. The molecule has 0 bridgehead atoms. The molecule has 2 aromatic carbocycles. The molecule has 9 heteroatoms. The van der Waals surface area contributed by atoms with Crippen molar-refractivity contribution in [2.75, 3.05) is 20.8 Å². The van der Waals surface area contributed by atoms with Gasteiger partial charge in [-0.1, -0.05) is 65.8 Å². The van der Waals surface area contributed by atoms with Crippen LogP contribution < -0.4 is 9.47 Å². The highest BCUT2D eigenvalue weighted by molar-refractivity contribution is 6.74. The molecular weight excluding hydrogens is 709 g/mol. The van der Waals surface area contributed by atoms with Gasteiger partial charge in [-0.2, -0.15) is 0 Å². The molecule has 6 atom stereocenters. The molecule has 1 aliphatic rings. The van der Waals surface area contributed by atoms with Crippen molar-refractivity contribution in [3.05, 3.63) is 59.7 Å². The van der Waals surface area contributed by atoms with E-state index in [1.807, 2.05) is 36.4 Å². The van der Waals surface area contributed by atoms with Crippen LogP contribution in [0.1, 0.15) is 105 Å². The molecule has 7 nitrogen and oxygen atoms in total. The highest BCUT2D eigenvalue weighted by atomic mass is 28.4. The van der Waals surface area contributed by atoms with Gasteiger partial charge in [0.25, 0.3) is 0 Å². The fraction of sp³-hybridized carbons (Fsp3) is 0.689. The van der Waals surface area contributed by atoms with E-state index in [2.05, 4.69) is 92.7 Å². The molecule has 0 saturated carbocycles. The maximum atomic E-state index is 7.32. The Morgan fingerprint density at radius 3 is 1.74 bits per heavy atom. The maximum Gasteiger partial charge on any atom is 0.192 e. The van der Waals surface area contributed by atoms with Crippen LogP contribution in [-0.2, 0) is 36.3 Å². The molecule has 0 N–H and O–H groups in total. The fourth-order valence-corrected chi connectivity index (χ4v) is 9.12. The van der Waals surface area contributed by atoms with Gasteiger partial charge >= 0.3 is 0 Å². The quantitative estimate of drug-likeness (QED) is 0.0710. The molecule has 1 fully saturated rings. The lowest BCUT2D eigenvalue weighted by molar-refractivity contribution is -0.0827. The first-order valence-electron chi connectivity index (χ1n) is 20.2. The molecule has 1 heterocycles. The summed E-state index contributed by atoms with van der Waals surface area (Å²) in [7, 11) is -0.934. The maximum absolute atomic E-state index is 7.32. The lowest BCUT2D eigenvalue weighted by Crippen LogP contribution is -2.49. The van der Waals surface area contributed by atoms with E-state index in [9.17, 15) is 0 Å². The van der Waals surface area contributed by atoms with Gasteiger partial charge in [0.05, 0.1) is 45.7 Å². The van der Waals surface area contributed by atoms with Crippen LogP contribution >= 0.6 is 0 Å². The van der Waals surface area contributed by atoms with Crippen molar-refractivity contribution in [2.24, 2.45) is 5.92 Å². The highest BCUT2D eigenvalue weighted by Gasteiger charge is 2.43. The van der Waals surface area contributed by atoms with Crippen LogP contribution in [0.3, 0.4) is 0 Å². The minimum Gasteiger partial charge on any atom is -0.497 e. The SMILES string of the molecule is C#C[C@H](C)[C@@H](C[C@H](C[C@@H](C[C@@H]1CCC[C@H](CCOCc2ccc(OC)cc2)O1)O[Si](C)(C)C(C)(C)C)O[Si](C)(C)C(C)(C)C)OCc1ccc(OC)cc1. The largest absolute Gasteiger partial charge is 0.497 e. The third kappa shape index (κ3) is 14.7. The summed E-state index contributed by atoms with van der Waals surface area (Å²) in [5.74, 6) is 4.59. The number of methoxy groups -OCH3 is 2. The first-order valence-corrected chi connectivity index (χ1v) is 26.0. The van der Waals surface area contributed by atoms with Gasteiger partial charge < -0.3 is 32.5 Å². The van der Waals surface area contributed by atoms with Crippen molar-refractivity contribution < 1.29 is 32.5 Å². The third-order valence-corrected chi connectivity index (χ3v) is 21.0. The Bertz CT molecular complexity index is 1410. The van der Waals surface area contributed by atoms with Crippen molar-refractivity contribution in [1.29, 1.82) is 0 Å².